The van der Waals surface area contributed by atoms with Gasteiger partial charge in [-0.15, -0.1) is 0 Å². The maximum Gasteiger partial charge on any atom is 0.303 e. The fourth-order valence-corrected chi connectivity index (χ4v) is 2.13. The fourth-order valence-electron chi connectivity index (χ4n) is 2.13. The number of aliphatic carboxylic acids is 1. The van der Waals surface area contributed by atoms with E-state index in [1.807, 2.05) is 0 Å². The molecule has 0 radical (unpaired) electrons. The van der Waals surface area contributed by atoms with Crippen molar-refractivity contribution in [2.24, 2.45) is 0 Å². The van der Waals surface area contributed by atoms with Gasteiger partial charge in [-0.05, 0) is 38.6 Å². The Labute approximate surface area is 117 Å². The Morgan fingerprint density at radius 2 is 1.89 bits per heavy atom. The number of nitrogens with one attached hydrogen (secondary N) is 1. The summed E-state index contributed by atoms with van der Waals surface area (Å²) in [6.45, 7) is 3.14. The second-order valence-electron chi connectivity index (χ2n) is 5.10. The third-order valence-corrected chi connectivity index (χ3v) is 3.28. The molecule has 1 atom stereocenters. The summed E-state index contributed by atoms with van der Waals surface area (Å²) in [6.07, 6.45) is 10.3. The van der Waals surface area contributed by atoms with Gasteiger partial charge in [0, 0.05) is 18.9 Å². The normalized spacial score (nSPS) is 12.3. The lowest BCUT2D eigenvalue weighted by molar-refractivity contribution is -0.137. The molecule has 0 aromatic rings. The molecule has 0 spiro atoms. The van der Waals surface area contributed by atoms with Gasteiger partial charge in [0.25, 0.3) is 0 Å². The lowest BCUT2D eigenvalue weighted by Crippen LogP contribution is -2.30. The van der Waals surface area contributed by atoms with Gasteiger partial charge in [-0.3, -0.25) is 4.79 Å². The molecular weight excluding hydrogens is 242 g/mol. The molecular formula is C15H29NO3. The molecule has 0 aromatic carbocycles. The van der Waals surface area contributed by atoms with Crippen molar-refractivity contribution >= 4 is 12.3 Å². The van der Waals surface area contributed by atoms with Crippen LogP contribution in [0.2, 0.25) is 0 Å². The van der Waals surface area contributed by atoms with Crippen LogP contribution in [0.5, 0.6) is 0 Å². The fraction of sp³-hybridized carbons (Fsp3) is 0.867. The predicted molar refractivity (Wildman–Crippen MR) is 77.3 cm³/mol. The molecule has 0 aliphatic rings. The van der Waals surface area contributed by atoms with Crippen LogP contribution in [0.4, 0.5) is 0 Å². The van der Waals surface area contributed by atoms with E-state index in [4.69, 9.17) is 5.11 Å². The number of carbonyl (C=O) groups excluding carboxylic acids is 1. The van der Waals surface area contributed by atoms with Gasteiger partial charge in [0.15, 0.2) is 0 Å². The Kier molecular flexibility index (Phi) is 12.9. The van der Waals surface area contributed by atoms with Gasteiger partial charge in [0.1, 0.15) is 6.29 Å². The maximum absolute atomic E-state index is 10.4. The molecule has 0 bridgehead atoms. The van der Waals surface area contributed by atoms with Crippen LogP contribution in [0, 0.1) is 0 Å². The minimum atomic E-state index is -0.706. The zero-order valence-electron chi connectivity index (χ0n) is 12.2. The molecule has 2 N–H and O–H groups in total. The zero-order valence-corrected chi connectivity index (χ0v) is 12.2. The molecule has 0 amide bonds. The molecule has 112 valence electrons. The highest BCUT2D eigenvalue weighted by molar-refractivity contribution is 5.66. The summed E-state index contributed by atoms with van der Waals surface area (Å²) >= 11 is 0. The van der Waals surface area contributed by atoms with Crippen LogP contribution in [0.1, 0.15) is 71.1 Å². The molecule has 0 aromatic heterocycles. The van der Waals surface area contributed by atoms with Crippen molar-refractivity contribution in [3.05, 3.63) is 0 Å². The average Bonchev–Trinajstić information content (AvgIpc) is 2.39. The lowest BCUT2D eigenvalue weighted by atomic mass is 10.0. The van der Waals surface area contributed by atoms with E-state index < -0.39 is 5.97 Å². The molecule has 0 fully saturated rings. The van der Waals surface area contributed by atoms with E-state index in [-0.39, 0.29) is 6.42 Å². The van der Waals surface area contributed by atoms with E-state index in [0.717, 1.165) is 44.9 Å². The van der Waals surface area contributed by atoms with Gasteiger partial charge in [-0.1, -0.05) is 26.2 Å². The van der Waals surface area contributed by atoms with Gasteiger partial charge < -0.3 is 15.2 Å². The van der Waals surface area contributed by atoms with Crippen LogP contribution in [0.15, 0.2) is 0 Å². The molecule has 0 heterocycles. The van der Waals surface area contributed by atoms with E-state index in [0.29, 0.717) is 12.5 Å². The van der Waals surface area contributed by atoms with E-state index in [2.05, 4.69) is 12.2 Å². The van der Waals surface area contributed by atoms with Gasteiger partial charge in [0.05, 0.1) is 0 Å². The third-order valence-electron chi connectivity index (χ3n) is 3.28. The van der Waals surface area contributed by atoms with Crippen LogP contribution in [0.25, 0.3) is 0 Å². The van der Waals surface area contributed by atoms with E-state index in [1.165, 1.54) is 19.3 Å². The number of rotatable bonds is 14. The SMILES string of the molecule is CCCCC(CCCC=O)NCCCCCC(=O)O. The highest BCUT2D eigenvalue weighted by Gasteiger charge is 2.06. The number of aldehydes is 1. The average molecular weight is 271 g/mol. The highest BCUT2D eigenvalue weighted by Crippen LogP contribution is 2.09. The standard InChI is InChI=1S/C15H29NO3/c1-2-3-9-14(10-6-8-13-17)16-12-7-4-5-11-15(18)19/h13-14,16H,2-12H2,1H3,(H,18,19). The summed E-state index contributed by atoms with van der Waals surface area (Å²) in [5.41, 5.74) is 0. The number of unbranched alkanes of at least 4 members (excludes halogenated alkanes) is 4. The molecule has 4 nitrogen and oxygen atoms in total. The van der Waals surface area contributed by atoms with E-state index in [9.17, 15) is 9.59 Å². The zero-order chi connectivity index (χ0) is 14.3. The molecule has 0 aliphatic heterocycles. The van der Waals surface area contributed by atoms with Gasteiger partial charge in [-0.25, -0.2) is 0 Å². The second-order valence-corrected chi connectivity index (χ2v) is 5.10. The number of hydrogen-bond donors (Lipinski definition) is 2. The Bertz CT molecular complexity index is 231. The van der Waals surface area contributed by atoms with Crippen molar-refractivity contribution in [3.8, 4) is 0 Å². The summed E-state index contributed by atoms with van der Waals surface area (Å²) in [4.78, 5) is 20.7. The van der Waals surface area contributed by atoms with Crippen molar-refractivity contribution in [2.75, 3.05) is 6.54 Å². The van der Waals surface area contributed by atoms with Gasteiger partial charge in [-0.2, -0.15) is 0 Å². The summed E-state index contributed by atoms with van der Waals surface area (Å²) in [7, 11) is 0. The molecule has 0 saturated heterocycles. The molecule has 0 aliphatic carbocycles. The maximum atomic E-state index is 10.4. The van der Waals surface area contributed by atoms with E-state index >= 15 is 0 Å². The van der Waals surface area contributed by atoms with E-state index in [1.54, 1.807) is 0 Å². The minimum Gasteiger partial charge on any atom is -0.481 e. The first kappa shape index (κ1) is 18.1. The van der Waals surface area contributed by atoms with Crippen molar-refractivity contribution in [3.63, 3.8) is 0 Å². The van der Waals surface area contributed by atoms with Crippen LogP contribution in [-0.4, -0.2) is 29.9 Å². The van der Waals surface area contributed by atoms with Crippen molar-refractivity contribution in [1.82, 2.24) is 5.32 Å². The van der Waals surface area contributed by atoms with Crippen LogP contribution < -0.4 is 5.32 Å². The monoisotopic (exact) mass is 271 g/mol. The molecule has 0 rings (SSSR count). The Morgan fingerprint density at radius 3 is 2.53 bits per heavy atom. The number of carboxylic acids is 1. The second kappa shape index (κ2) is 13.5. The molecule has 19 heavy (non-hydrogen) atoms. The first-order valence-electron chi connectivity index (χ1n) is 7.59. The number of carboxylic acid groups (broad SMARTS) is 1. The topological polar surface area (TPSA) is 66.4 Å². The third kappa shape index (κ3) is 13.3. The molecule has 0 saturated carbocycles. The Hall–Kier alpha value is -0.900. The lowest BCUT2D eigenvalue weighted by Gasteiger charge is -2.18. The van der Waals surface area contributed by atoms with Gasteiger partial charge >= 0.3 is 5.97 Å². The largest absolute Gasteiger partial charge is 0.481 e. The minimum absolute atomic E-state index is 0.276. The van der Waals surface area contributed by atoms with Crippen LogP contribution in [-0.2, 0) is 9.59 Å². The highest BCUT2D eigenvalue weighted by atomic mass is 16.4. The Balaban J connectivity index is 3.59. The number of hydrogen-bond acceptors (Lipinski definition) is 3. The summed E-state index contributed by atoms with van der Waals surface area (Å²) in [5.74, 6) is -0.706. The quantitative estimate of drug-likeness (QED) is 0.376. The van der Waals surface area contributed by atoms with Gasteiger partial charge in [0.2, 0.25) is 0 Å². The summed E-state index contributed by atoms with van der Waals surface area (Å²) in [5, 5.41) is 12.1. The predicted octanol–water partition coefficient (Wildman–Crippen LogP) is 3.15. The van der Waals surface area contributed by atoms with Crippen molar-refractivity contribution < 1.29 is 14.7 Å². The smallest absolute Gasteiger partial charge is 0.303 e. The molecule has 4 heteroatoms. The van der Waals surface area contributed by atoms with Crippen LogP contribution >= 0.6 is 0 Å². The van der Waals surface area contributed by atoms with Crippen LogP contribution in [0.3, 0.4) is 0 Å². The molecule has 1 unspecified atom stereocenters. The number of carbonyl (C=O) groups is 2. The van der Waals surface area contributed by atoms with Crippen molar-refractivity contribution in [1.29, 1.82) is 0 Å². The first-order chi connectivity index (χ1) is 9.20. The summed E-state index contributed by atoms with van der Waals surface area (Å²) < 4.78 is 0. The first-order valence-corrected chi connectivity index (χ1v) is 7.59. The Morgan fingerprint density at radius 1 is 1.16 bits per heavy atom. The van der Waals surface area contributed by atoms with Crippen molar-refractivity contribution in [2.45, 2.75) is 77.2 Å². The summed E-state index contributed by atoms with van der Waals surface area (Å²) in [6, 6.07) is 0.513.